The topological polar surface area (TPSA) is 73.2 Å². The largest absolute Gasteiger partial charge is 0.462 e. The normalized spacial score (nSPS) is 10.3. The number of benzene rings is 2. The number of aromatic nitrogens is 2. The molecule has 1 N–H and O–H groups in total. The maximum Gasteiger partial charge on any atom is 0.338 e. The lowest BCUT2D eigenvalue weighted by Crippen LogP contribution is -2.16. The summed E-state index contributed by atoms with van der Waals surface area (Å²) in [6.07, 6.45) is 3.08. The second-order valence-corrected chi connectivity index (χ2v) is 5.24. The summed E-state index contributed by atoms with van der Waals surface area (Å²) in [6, 6.07) is 16.1. The molecule has 1 amide bonds. The lowest BCUT2D eigenvalue weighted by Gasteiger charge is -2.10. The number of rotatable bonds is 5. The lowest BCUT2D eigenvalue weighted by molar-refractivity contribution is 0.0526. The van der Waals surface area contributed by atoms with Crippen LogP contribution in [-0.4, -0.2) is 28.0 Å². The SMILES string of the molecule is CCOC(=O)c1cccc(NC(=O)c2cncn2-c2ccccc2)c1. The van der Waals surface area contributed by atoms with Crippen molar-refractivity contribution in [3.63, 3.8) is 0 Å². The number of esters is 1. The van der Waals surface area contributed by atoms with Crippen molar-refractivity contribution in [3.05, 3.63) is 78.4 Å². The number of nitrogens with one attached hydrogen (secondary N) is 1. The molecule has 0 radical (unpaired) electrons. The highest BCUT2D eigenvalue weighted by atomic mass is 16.5. The van der Waals surface area contributed by atoms with Crippen LogP contribution in [-0.2, 0) is 4.74 Å². The van der Waals surface area contributed by atoms with Crippen LogP contribution in [0, 0.1) is 0 Å². The first-order chi connectivity index (χ1) is 12.2. The third kappa shape index (κ3) is 3.74. The van der Waals surface area contributed by atoms with Crippen LogP contribution in [0.25, 0.3) is 5.69 Å². The molecule has 2 aromatic carbocycles. The molecule has 3 aromatic rings. The molecule has 6 nitrogen and oxygen atoms in total. The van der Waals surface area contributed by atoms with Crippen LogP contribution < -0.4 is 5.32 Å². The Bertz CT molecular complexity index is 888. The van der Waals surface area contributed by atoms with Crippen LogP contribution in [0.2, 0.25) is 0 Å². The fourth-order valence-corrected chi connectivity index (χ4v) is 2.39. The summed E-state index contributed by atoms with van der Waals surface area (Å²) >= 11 is 0. The minimum Gasteiger partial charge on any atom is -0.462 e. The summed E-state index contributed by atoms with van der Waals surface area (Å²) in [5.41, 5.74) is 2.13. The summed E-state index contributed by atoms with van der Waals surface area (Å²) < 4.78 is 6.67. The number of ether oxygens (including phenoxy) is 1. The zero-order chi connectivity index (χ0) is 17.6. The molecule has 126 valence electrons. The van der Waals surface area contributed by atoms with Crippen molar-refractivity contribution in [1.82, 2.24) is 9.55 Å². The van der Waals surface area contributed by atoms with Gasteiger partial charge in [-0.25, -0.2) is 9.78 Å². The molecule has 0 aliphatic heterocycles. The van der Waals surface area contributed by atoms with E-state index in [0.29, 0.717) is 23.6 Å². The lowest BCUT2D eigenvalue weighted by atomic mass is 10.2. The van der Waals surface area contributed by atoms with Gasteiger partial charge >= 0.3 is 5.97 Å². The molecule has 6 heteroatoms. The number of carbonyl (C=O) groups is 2. The number of nitrogens with zero attached hydrogens (tertiary/aromatic N) is 2. The van der Waals surface area contributed by atoms with Gasteiger partial charge in [-0.05, 0) is 37.3 Å². The molecule has 0 aliphatic rings. The Hall–Kier alpha value is -3.41. The Balaban J connectivity index is 1.81. The molecule has 0 unspecified atom stereocenters. The fraction of sp³-hybridized carbons (Fsp3) is 0.105. The van der Waals surface area contributed by atoms with Crippen molar-refractivity contribution in [2.75, 3.05) is 11.9 Å². The number of imidazole rings is 1. The maximum atomic E-state index is 12.6. The van der Waals surface area contributed by atoms with Gasteiger partial charge < -0.3 is 10.1 Å². The van der Waals surface area contributed by atoms with E-state index in [-0.39, 0.29) is 5.91 Å². The number of para-hydroxylation sites is 1. The first kappa shape index (κ1) is 16.4. The smallest absolute Gasteiger partial charge is 0.338 e. The van der Waals surface area contributed by atoms with Gasteiger partial charge in [-0.15, -0.1) is 0 Å². The number of amides is 1. The van der Waals surface area contributed by atoms with Gasteiger partial charge in [0.05, 0.1) is 24.7 Å². The molecule has 0 fully saturated rings. The van der Waals surface area contributed by atoms with Crippen LogP contribution in [0.4, 0.5) is 5.69 Å². The number of hydrogen-bond acceptors (Lipinski definition) is 4. The van der Waals surface area contributed by atoms with Crippen molar-refractivity contribution in [1.29, 1.82) is 0 Å². The Labute approximate surface area is 145 Å². The second kappa shape index (κ2) is 7.44. The van der Waals surface area contributed by atoms with E-state index in [0.717, 1.165) is 5.69 Å². The molecule has 0 bridgehead atoms. The predicted octanol–water partition coefficient (Wildman–Crippen LogP) is 3.30. The number of anilines is 1. The van der Waals surface area contributed by atoms with E-state index in [2.05, 4.69) is 10.3 Å². The van der Waals surface area contributed by atoms with Gasteiger partial charge in [-0.1, -0.05) is 24.3 Å². The third-order valence-corrected chi connectivity index (χ3v) is 3.54. The minimum absolute atomic E-state index is 0.297. The van der Waals surface area contributed by atoms with Crippen LogP contribution in [0.3, 0.4) is 0 Å². The molecule has 1 aromatic heterocycles. The predicted molar refractivity (Wildman–Crippen MR) is 93.9 cm³/mol. The van der Waals surface area contributed by atoms with Crippen molar-refractivity contribution >= 4 is 17.6 Å². The van der Waals surface area contributed by atoms with Crippen LogP contribution in [0.5, 0.6) is 0 Å². The summed E-state index contributed by atoms with van der Waals surface area (Å²) in [4.78, 5) is 28.4. The highest BCUT2D eigenvalue weighted by molar-refractivity contribution is 6.04. The standard InChI is InChI=1S/C19H17N3O3/c1-2-25-19(24)14-7-6-8-15(11-14)21-18(23)17-12-20-13-22(17)16-9-4-3-5-10-16/h3-13H,2H2,1H3,(H,21,23). The zero-order valence-corrected chi connectivity index (χ0v) is 13.7. The quantitative estimate of drug-likeness (QED) is 0.726. The zero-order valence-electron chi connectivity index (χ0n) is 13.7. The Morgan fingerprint density at radius 2 is 1.92 bits per heavy atom. The van der Waals surface area contributed by atoms with E-state index in [1.165, 1.54) is 6.20 Å². The molecular formula is C19H17N3O3. The third-order valence-electron chi connectivity index (χ3n) is 3.54. The first-order valence-electron chi connectivity index (χ1n) is 7.85. The second-order valence-electron chi connectivity index (χ2n) is 5.24. The number of carbonyl (C=O) groups excluding carboxylic acids is 2. The molecule has 0 atom stereocenters. The monoisotopic (exact) mass is 335 g/mol. The Morgan fingerprint density at radius 1 is 1.12 bits per heavy atom. The highest BCUT2D eigenvalue weighted by Gasteiger charge is 2.14. The van der Waals surface area contributed by atoms with Gasteiger partial charge in [0.1, 0.15) is 5.69 Å². The average molecular weight is 335 g/mol. The molecule has 0 saturated carbocycles. The molecule has 0 saturated heterocycles. The highest BCUT2D eigenvalue weighted by Crippen LogP contribution is 2.15. The molecule has 3 rings (SSSR count). The summed E-state index contributed by atoms with van der Waals surface area (Å²) in [5.74, 6) is -0.740. The van der Waals surface area contributed by atoms with E-state index in [4.69, 9.17) is 4.74 Å². The maximum absolute atomic E-state index is 12.6. The fourth-order valence-electron chi connectivity index (χ4n) is 2.39. The molecule has 0 spiro atoms. The van der Waals surface area contributed by atoms with Gasteiger partial charge in [-0.3, -0.25) is 9.36 Å². The molecule has 1 heterocycles. The van der Waals surface area contributed by atoms with Gasteiger partial charge in [0.2, 0.25) is 0 Å². The summed E-state index contributed by atoms with van der Waals surface area (Å²) in [6.45, 7) is 2.04. The van der Waals surface area contributed by atoms with Gasteiger partial charge in [0.15, 0.2) is 0 Å². The van der Waals surface area contributed by atoms with Gasteiger partial charge in [0.25, 0.3) is 5.91 Å². The first-order valence-corrected chi connectivity index (χ1v) is 7.85. The van der Waals surface area contributed by atoms with Gasteiger partial charge in [-0.2, -0.15) is 0 Å². The summed E-state index contributed by atoms with van der Waals surface area (Å²) in [7, 11) is 0. The number of hydrogen-bond donors (Lipinski definition) is 1. The Morgan fingerprint density at radius 3 is 2.68 bits per heavy atom. The van der Waals surface area contributed by atoms with Crippen molar-refractivity contribution in [2.24, 2.45) is 0 Å². The molecule has 25 heavy (non-hydrogen) atoms. The average Bonchev–Trinajstić information content (AvgIpc) is 3.13. The molecule has 0 aliphatic carbocycles. The molecular weight excluding hydrogens is 318 g/mol. The van der Waals surface area contributed by atoms with E-state index in [9.17, 15) is 9.59 Å². The summed E-state index contributed by atoms with van der Waals surface area (Å²) in [5, 5.41) is 2.78. The van der Waals surface area contributed by atoms with Crippen molar-refractivity contribution in [2.45, 2.75) is 6.92 Å². The van der Waals surface area contributed by atoms with Crippen molar-refractivity contribution < 1.29 is 14.3 Å². The Kier molecular flexibility index (Phi) is 4.89. The van der Waals surface area contributed by atoms with E-state index >= 15 is 0 Å². The van der Waals surface area contributed by atoms with Crippen LogP contribution in [0.1, 0.15) is 27.8 Å². The van der Waals surface area contributed by atoms with E-state index < -0.39 is 5.97 Å². The van der Waals surface area contributed by atoms with Crippen molar-refractivity contribution in [3.8, 4) is 5.69 Å². The van der Waals surface area contributed by atoms with Crippen LogP contribution >= 0.6 is 0 Å². The van der Waals surface area contributed by atoms with E-state index in [1.54, 1.807) is 42.1 Å². The van der Waals surface area contributed by atoms with Gasteiger partial charge in [0, 0.05) is 11.4 Å². The minimum atomic E-state index is -0.423. The van der Waals surface area contributed by atoms with Crippen LogP contribution in [0.15, 0.2) is 67.1 Å². The van der Waals surface area contributed by atoms with E-state index in [1.807, 2.05) is 30.3 Å².